The van der Waals surface area contributed by atoms with Crippen LogP contribution in [0.3, 0.4) is 0 Å². The van der Waals surface area contributed by atoms with Crippen LogP contribution < -0.4 is 9.64 Å². The fraction of sp³-hybridized carbons (Fsp3) is 0.391. The maximum absolute atomic E-state index is 10.6. The van der Waals surface area contributed by atoms with Crippen LogP contribution in [0.1, 0.15) is 6.92 Å². The summed E-state index contributed by atoms with van der Waals surface area (Å²) in [6, 6.07) is 5.71. The molecule has 2 aromatic heterocycles. The lowest BCUT2D eigenvalue weighted by Crippen LogP contribution is -2.46. The number of rotatable bonds is 4. The predicted molar refractivity (Wildman–Crippen MR) is 136 cm³/mol. The number of piperazine rings is 1. The number of carboxylic acids is 2. The maximum Gasteiger partial charge on any atom is 0.490 e. The van der Waals surface area contributed by atoms with Crippen LogP contribution in [0.15, 0.2) is 29.9 Å². The van der Waals surface area contributed by atoms with Gasteiger partial charge in [-0.3, -0.25) is 0 Å². The van der Waals surface area contributed by atoms with Gasteiger partial charge in [-0.25, -0.2) is 19.6 Å². The monoisotopic (exact) mass is 616 g/mol. The molecule has 3 aromatic rings. The first-order valence-electron chi connectivity index (χ1n) is 11.2. The predicted octanol–water partition coefficient (Wildman–Crippen LogP) is 5.43. The second-order valence-corrected chi connectivity index (χ2v) is 9.19. The molecule has 220 valence electrons. The maximum atomic E-state index is 10.6. The standard InChI is InChI=1S/C19H21ClN4OS.2C2HF3O2/c1-3-23-6-8-24(9-7-23)18-17-15(11-26-19(17)22-12-21-18)14-10-13(20)4-5-16(14)25-2;2*3-2(4,5)1(6)7/h4-5,10-12H,3,6-9H2,1-2H3;2*(H,6,7). The number of carboxylic acid groups (broad SMARTS) is 2. The Kier molecular flexibility index (Phi) is 11.3. The van der Waals surface area contributed by atoms with Crippen LogP contribution >= 0.6 is 22.9 Å². The lowest BCUT2D eigenvalue weighted by molar-refractivity contribution is -0.193. The number of anilines is 1. The SMILES string of the molecule is CCN1CCN(c2ncnc3scc(-c4cc(Cl)ccc4OC)c23)CC1.O=C(O)C(F)(F)F.O=C(O)C(F)(F)F. The van der Waals surface area contributed by atoms with Gasteiger partial charge in [-0.05, 0) is 24.7 Å². The summed E-state index contributed by atoms with van der Waals surface area (Å²) >= 11 is 7.89. The van der Waals surface area contributed by atoms with Crippen molar-refractivity contribution in [2.75, 3.05) is 44.7 Å². The van der Waals surface area contributed by atoms with Crippen molar-refractivity contribution in [3.63, 3.8) is 0 Å². The Bertz CT molecular complexity index is 1290. The lowest BCUT2D eigenvalue weighted by Gasteiger charge is -2.35. The molecule has 0 radical (unpaired) electrons. The van der Waals surface area contributed by atoms with E-state index in [9.17, 15) is 26.3 Å². The normalized spacial score (nSPS) is 14.1. The summed E-state index contributed by atoms with van der Waals surface area (Å²) < 4.78 is 69.0. The molecule has 0 amide bonds. The first kappa shape index (κ1) is 32.8. The molecule has 0 spiro atoms. The Morgan fingerprint density at radius 2 is 1.55 bits per heavy atom. The summed E-state index contributed by atoms with van der Waals surface area (Å²) in [5.74, 6) is -3.70. The quantitative estimate of drug-likeness (QED) is 0.370. The van der Waals surface area contributed by atoms with Gasteiger partial charge in [-0.1, -0.05) is 18.5 Å². The lowest BCUT2D eigenvalue weighted by atomic mass is 10.0. The van der Waals surface area contributed by atoms with E-state index in [1.165, 1.54) is 0 Å². The molecule has 2 N–H and O–H groups in total. The molecule has 1 aliphatic rings. The van der Waals surface area contributed by atoms with Crippen LogP contribution in [0.25, 0.3) is 21.3 Å². The van der Waals surface area contributed by atoms with Crippen molar-refractivity contribution in [2.24, 2.45) is 0 Å². The number of likely N-dealkylation sites (N-methyl/N-ethyl adjacent to an activating group) is 1. The van der Waals surface area contributed by atoms with Gasteiger partial charge in [0.15, 0.2) is 0 Å². The van der Waals surface area contributed by atoms with E-state index in [4.69, 9.17) is 36.1 Å². The number of halogens is 7. The summed E-state index contributed by atoms with van der Waals surface area (Å²) in [6.45, 7) is 7.37. The van der Waals surface area contributed by atoms with E-state index >= 15 is 0 Å². The van der Waals surface area contributed by atoms with Crippen LogP contribution in [0.5, 0.6) is 5.75 Å². The van der Waals surface area contributed by atoms with Gasteiger partial charge >= 0.3 is 24.3 Å². The average molecular weight is 617 g/mol. The molecule has 0 aliphatic carbocycles. The zero-order valence-electron chi connectivity index (χ0n) is 20.9. The Balaban J connectivity index is 0.000000333. The molecule has 0 saturated carbocycles. The second-order valence-electron chi connectivity index (χ2n) is 7.90. The van der Waals surface area contributed by atoms with Crippen molar-refractivity contribution < 1.29 is 50.9 Å². The highest BCUT2D eigenvalue weighted by Gasteiger charge is 2.38. The van der Waals surface area contributed by atoms with Gasteiger partial charge in [0.25, 0.3) is 0 Å². The third kappa shape index (κ3) is 8.82. The number of hydrogen-bond acceptors (Lipinski definition) is 8. The molecule has 4 rings (SSSR count). The van der Waals surface area contributed by atoms with Crippen molar-refractivity contribution >= 4 is 50.9 Å². The summed E-state index contributed by atoms with van der Waals surface area (Å²) in [5.41, 5.74) is 2.06. The molecule has 0 bridgehead atoms. The Morgan fingerprint density at radius 3 is 2.02 bits per heavy atom. The number of ether oxygens (including phenoxy) is 1. The highest BCUT2D eigenvalue weighted by atomic mass is 35.5. The van der Waals surface area contributed by atoms with E-state index < -0.39 is 24.3 Å². The Labute approximate surface area is 232 Å². The second kappa shape index (κ2) is 13.8. The number of nitrogens with zero attached hydrogens (tertiary/aromatic N) is 4. The largest absolute Gasteiger partial charge is 0.496 e. The molecular weight excluding hydrogens is 594 g/mol. The highest BCUT2D eigenvalue weighted by Crippen LogP contribution is 2.42. The van der Waals surface area contributed by atoms with Gasteiger partial charge in [-0.15, -0.1) is 11.3 Å². The van der Waals surface area contributed by atoms with Gasteiger partial charge < -0.3 is 24.7 Å². The van der Waals surface area contributed by atoms with E-state index in [1.807, 2.05) is 18.2 Å². The number of thiophene rings is 1. The van der Waals surface area contributed by atoms with Crippen LogP contribution in [-0.2, 0) is 9.59 Å². The molecule has 9 nitrogen and oxygen atoms in total. The zero-order chi connectivity index (χ0) is 30.3. The first-order valence-corrected chi connectivity index (χ1v) is 12.5. The Hall–Kier alpha value is -3.37. The molecule has 3 heterocycles. The number of aliphatic carboxylic acids is 2. The van der Waals surface area contributed by atoms with Crippen molar-refractivity contribution in [3.05, 3.63) is 34.9 Å². The minimum atomic E-state index is -5.08. The van der Waals surface area contributed by atoms with E-state index in [-0.39, 0.29) is 0 Å². The summed E-state index contributed by atoms with van der Waals surface area (Å²) in [7, 11) is 1.68. The number of methoxy groups -OCH3 is 1. The minimum Gasteiger partial charge on any atom is -0.496 e. The smallest absolute Gasteiger partial charge is 0.490 e. The van der Waals surface area contributed by atoms with E-state index in [2.05, 4.69) is 32.1 Å². The topological polar surface area (TPSA) is 116 Å². The fourth-order valence-corrected chi connectivity index (χ4v) is 4.54. The number of alkyl halides is 6. The van der Waals surface area contributed by atoms with Gasteiger partial charge in [-0.2, -0.15) is 26.3 Å². The summed E-state index contributed by atoms with van der Waals surface area (Å²) in [6.07, 6.45) is -8.50. The summed E-state index contributed by atoms with van der Waals surface area (Å²) in [5, 5.41) is 18.2. The number of fused-ring (bicyclic) bond motifs is 1. The van der Waals surface area contributed by atoms with E-state index in [1.54, 1.807) is 24.8 Å². The Morgan fingerprint density at radius 1 is 1.00 bits per heavy atom. The van der Waals surface area contributed by atoms with Gasteiger partial charge in [0.1, 0.15) is 22.7 Å². The zero-order valence-corrected chi connectivity index (χ0v) is 22.5. The third-order valence-electron chi connectivity index (χ3n) is 5.41. The number of benzene rings is 1. The van der Waals surface area contributed by atoms with Gasteiger partial charge in [0, 0.05) is 47.7 Å². The molecule has 0 atom stereocenters. The van der Waals surface area contributed by atoms with Crippen LogP contribution in [-0.4, -0.2) is 89.2 Å². The highest BCUT2D eigenvalue weighted by molar-refractivity contribution is 7.17. The number of aromatic nitrogens is 2. The van der Waals surface area contributed by atoms with Gasteiger partial charge in [0.05, 0.1) is 12.5 Å². The van der Waals surface area contributed by atoms with E-state index in [0.717, 1.165) is 65.6 Å². The number of hydrogen-bond donors (Lipinski definition) is 2. The van der Waals surface area contributed by atoms with E-state index in [0.29, 0.717) is 5.02 Å². The third-order valence-corrected chi connectivity index (χ3v) is 6.53. The van der Waals surface area contributed by atoms with Crippen molar-refractivity contribution in [1.29, 1.82) is 0 Å². The molecule has 17 heteroatoms. The molecule has 0 unspecified atom stereocenters. The van der Waals surface area contributed by atoms with Gasteiger partial charge in [0.2, 0.25) is 0 Å². The van der Waals surface area contributed by atoms with Crippen molar-refractivity contribution in [2.45, 2.75) is 19.3 Å². The van der Waals surface area contributed by atoms with Crippen LogP contribution in [0, 0.1) is 0 Å². The summed E-state index contributed by atoms with van der Waals surface area (Å²) in [4.78, 5) is 32.7. The molecule has 1 aliphatic heterocycles. The van der Waals surface area contributed by atoms with Crippen LogP contribution in [0.2, 0.25) is 5.02 Å². The molecule has 1 fully saturated rings. The molecule has 40 heavy (non-hydrogen) atoms. The molecular formula is C23H23ClF6N4O5S. The first-order chi connectivity index (χ1) is 18.6. The minimum absolute atomic E-state index is 0.690. The van der Waals surface area contributed by atoms with Crippen molar-refractivity contribution in [3.8, 4) is 16.9 Å². The molecule has 1 aromatic carbocycles. The number of carbonyl (C=O) groups is 2. The van der Waals surface area contributed by atoms with Crippen LogP contribution in [0.4, 0.5) is 32.2 Å². The fourth-order valence-electron chi connectivity index (χ4n) is 3.46. The average Bonchev–Trinajstić information content (AvgIpc) is 3.32. The van der Waals surface area contributed by atoms with Crippen molar-refractivity contribution in [1.82, 2.24) is 14.9 Å². The molecule has 1 saturated heterocycles.